The first-order valence-corrected chi connectivity index (χ1v) is 7.65. The van der Waals surface area contributed by atoms with Crippen LogP contribution in [-0.2, 0) is 6.54 Å². The number of benzene rings is 2. The molecule has 0 aliphatic heterocycles. The first kappa shape index (κ1) is 15.2. The Hall–Kier alpha value is -2.66. The molecule has 0 saturated carbocycles. The van der Waals surface area contributed by atoms with Crippen LogP contribution in [0.25, 0.3) is 10.8 Å². The average molecular weight is 309 g/mol. The van der Waals surface area contributed by atoms with Crippen molar-refractivity contribution >= 4 is 16.7 Å². The van der Waals surface area contributed by atoms with E-state index in [-0.39, 0.29) is 12.5 Å². The van der Waals surface area contributed by atoms with Gasteiger partial charge in [0, 0.05) is 19.3 Å². The molecule has 5 heteroatoms. The highest BCUT2D eigenvalue weighted by Gasteiger charge is 2.12. The SMILES string of the molecule is CCn1cc(C(=O)NCC(O)c2ccc3ccccc3c2)cn1. The topological polar surface area (TPSA) is 67.2 Å². The van der Waals surface area contributed by atoms with E-state index in [1.165, 1.54) is 6.20 Å². The van der Waals surface area contributed by atoms with Gasteiger partial charge in [-0.2, -0.15) is 5.10 Å². The standard InChI is InChI=1S/C18H19N3O2/c1-2-21-12-16(10-20-21)18(23)19-11-17(22)15-8-7-13-5-3-4-6-14(13)9-15/h3-10,12,17,22H,2,11H2,1H3,(H,19,23). The van der Waals surface area contributed by atoms with Crippen LogP contribution < -0.4 is 5.32 Å². The maximum Gasteiger partial charge on any atom is 0.254 e. The lowest BCUT2D eigenvalue weighted by Gasteiger charge is -2.12. The Balaban J connectivity index is 1.65. The van der Waals surface area contributed by atoms with Gasteiger partial charge in [0.05, 0.1) is 17.9 Å². The van der Waals surface area contributed by atoms with E-state index in [1.807, 2.05) is 49.4 Å². The number of rotatable bonds is 5. The van der Waals surface area contributed by atoms with Crippen molar-refractivity contribution in [1.82, 2.24) is 15.1 Å². The Bertz CT molecular complexity index is 826. The number of hydrogen-bond acceptors (Lipinski definition) is 3. The molecular formula is C18H19N3O2. The number of hydrogen-bond donors (Lipinski definition) is 2. The van der Waals surface area contributed by atoms with E-state index >= 15 is 0 Å². The Kier molecular flexibility index (Phi) is 4.39. The third kappa shape index (κ3) is 3.40. The monoisotopic (exact) mass is 309 g/mol. The average Bonchev–Trinajstić information content (AvgIpc) is 3.08. The molecule has 3 aromatic rings. The molecular weight excluding hydrogens is 290 g/mol. The van der Waals surface area contributed by atoms with Crippen molar-refractivity contribution in [3.05, 3.63) is 66.0 Å². The van der Waals surface area contributed by atoms with Crippen LogP contribution in [0.15, 0.2) is 54.9 Å². The van der Waals surface area contributed by atoms with Crippen molar-refractivity contribution in [1.29, 1.82) is 0 Å². The molecule has 0 saturated heterocycles. The molecule has 2 aromatic carbocycles. The summed E-state index contributed by atoms with van der Waals surface area (Å²) in [5.41, 5.74) is 1.28. The van der Waals surface area contributed by atoms with Crippen LogP contribution in [0.1, 0.15) is 28.9 Å². The molecule has 1 aromatic heterocycles. The van der Waals surface area contributed by atoms with Crippen molar-refractivity contribution in [2.45, 2.75) is 19.6 Å². The quantitative estimate of drug-likeness (QED) is 0.761. The van der Waals surface area contributed by atoms with Crippen LogP contribution in [0, 0.1) is 0 Å². The molecule has 23 heavy (non-hydrogen) atoms. The molecule has 0 bridgehead atoms. The third-order valence-electron chi connectivity index (χ3n) is 3.83. The fourth-order valence-electron chi connectivity index (χ4n) is 2.48. The molecule has 3 rings (SSSR count). The summed E-state index contributed by atoms with van der Waals surface area (Å²) in [5.74, 6) is -0.232. The minimum atomic E-state index is -0.746. The molecule has 0 spiro atoms. The molecule has 2 N–H and O–H groups in total. The van der Waals surface area contributed by atoms with Gasteiger partial charge in [0.1, 0.15) is 0 Å². The van der Waals surface area contributed by atoms with Crippen LogP contribution in [0.3, 0.4) is 0 Å². The number of nitrogens with one attached hydrogen (secondary N) is 1. The second kappa shape index (κ2) is 6.62. The number of amides is 1. The lowest BCUT2D eigenvalue weighted by Crippen LogP contribution is -2.28. The number of fused-ring (bicyclic) bond motifs is 1. The molecule has 5 nitrogen and oxygen atoms in total. The molecule has 1 heterocycles. The highest BCUT2D eigenvalue weighted by molar-refractivity contribution is 5.93. The summed E-state index contributed by atoms with van der Waals surface area (Å²) in [4.78, 5) is 12.0. The first-order chi connectivity index (χ1) is 11.2. The Morgan fingerprint density at radius 2 is 2.04 bits per heavy atom. The zero-order chi connectivity index (χ0) is 16.2. The van der Waals surface area contributed by atoms with Crippen molar-refractivity contribution in [2.24, 2.45) is 0 Å². The lowest BCUT2D eigenvalue weighted by atomic mass is 10.0. The van der Waals surface area contributed by atoms with Crippen LogP contribution >= 0.6 is 0 Å². The fourth-order valence-corrected chi connectivity index (χ4v) is 2.48. The lowest BCUT2D eigenvalue weighted by molar-refractivity contribution is 0.0916. The number of aromatic nitrogens is 2. The van der Waals surface area contributed by atoms with E-state index in [1.54, 1.807) is 10.9 Å². The van der Waals surface area contributed by atoms with E-state index < -0.39 is 6.10 Å². The first-order valence-electron chi connectivity index (χ1n) is 7.65. The van der Waals surface area contributed by atoms with Gasteiger partial charge in [0.15, 0.2) is 0 Å². The second-order valence-electron chi connectivity index (χ2n) is 5.42. The highest BCUT2D eigenvalue weighted by atomic mass is 16.3. The number of aryl methyl sites for hydroxylation is 1. The van der Waals surface area contributed by atoms with E-state index in [0.29, 0.717) is 12.1 Å². The molecule has 1 atom stereocenters. The summed E-state index contributed by atoms with van der Waals surface area (Å²) in [5, 5.41) is 19.3. The number of aliphatic hydroxyl groups is 1. The summed E-state index contributed by atoms with van der Waals surface area (Å²) in [7, 11) is 0. The van der Waals surface area contributed by atoms with E-state index in [9.17, 15) is 9.90 Å². The normalized spacial score (nSPS) is 12.3. The van der Waals surface area contributed by atoms with E-state index in [0.717, 1.165) is 16.3 Å². The number of aliphatic hydroxyl groups excluding tert-OH is 1. The molecule has 0 aliphatic rings. The maximum absolute atomic E-state index is 12.0. The van der Waals surface area contributed by atoms with Crippen molar-refractivity contribution < 1.29 is 9.90 Å². The molecule has 118 valence electrons. The largest absolute Gasteiger partial charge is 0.387 e. The van der Waals surface area contributed by atoms with Crippen LogP contribution in [0.5, 0.6) is 0 Å². The minimum Gasteiger partial charge on any atom is -0.387 e. The van der Waals surface area contributed by atoms with Crippen molar-refractivity contribution in [3.63, 3.8) is 0 Å². The summed E-state index contributed by atoms with van der Waals surface area (Å²) < 4.78 is 1.69. The van der Waals surface area contributed by atoms with E-state index in [2.05, 4.69) is 10.4 Å². The molecule has 0 fully saturated rings. The van der Waals surface area contributed by atoms with Gasteiger partial charge >= 0.3 is 0 Å². The summed E-state index contributed by atoms with van der Waals surface area (Å²) in [6, 6.07) is 13.8. The van der Waals surface area contributed by atoms with Gasteiger partial charge in [-0.1, -0.05) is 36.4 Å². The fraction of sp³-hybridized carbons (Fsp3) is 0.222. The van der Waals surface area contributed by atoms with Gasteiger partial charge in [0.25, 0.3) is 5.91 Å². The zero-order valence-electron chi connectivity index (χ0n) is 12.9. The van der Waals surface area contributed by atoms with Gasteiger partial charge in [-0.25, -0.2) is 0 Å². The predicted octanol–water partition coefficient (Wildman–Crippen LogP) is 2.52. The predicted molar refractivity (Wildman–Crippen MR) is 89.1 cm³/mol. The molecule has 1 unspecified atom stereocenters. The van der Waals surface area contributed by atoms with E-state index in [4.69, 9.17) is 0 Å². The van der Waals surface area contributed by atoms with Crippen molar-refractivity contribution in [3.8, 4) is 0 Å². The maximum atomic E-state index is 12.0. The molecule has 0 radical (unpaired) electrons. The number of carbonyl (C=O) groups excluding carboxylic acids is 1. The second-order valence-corrected chi connectivity index (χ2v) is 5.42. The third-order valence-corrected chi connectivity index (χ3v) is 3.83. The summed E-state index contributed by atoms with van der Waals surface area (Å²) in [6.07, 6.45) is 2.48. The zero-order valence-corrected chi connectivity index (χ0v) is 12.9. The number of nitrogens with zero attached hydrogens (tertiary/aromatic N) is 2. The summed E-state index contributed by atoms with van der Waals surface area (Å²) in [6.45, 7) is 2.83. The van der Waals surface area contributed by atoms with Gasteiger partial charge < -0.3 is 10.4 Å². The highest BCUT2D eigenvalue weighted by Crippen LogP contribution is 2.20. The molecule has 0 aliphatic carbocycles. The smallest absolute Gasteiger partial charge is 0.254 e. The van der Waals surface area contributed by atoms with Gasteiger partial charge in [0.2, 0.25) is 0 Å². The van der Waals surface area contributed by atoms with Crippen LogP contribution in [-0.4, -0.2) is 27.3 Å². The Morgan fingerprint density at radius 1 is 1.26 bits per heavy atom. The van der Waals surface area contributed by atoms with Gasteiger partial charge in [-0.3, -0.25) is 9.48 Å². The van der Waals surface area contributed by atoms with Crippen LogP contribution in [0.2, 0.25) is 0 Å². The van der Waals surface area contributed by atoms with Crippen molar-refractivity contribution in [2.75, 3.05) is 6.54 Å². The number of carbonyl (C=O) groups is 1. The van der Waals surface area contributed by atoms with Gasteiger partial charge in [-0.05, 0) is 29.3 Å². The van der Waals surface area contributed by atoms with Crippen LogP contribution in [0.4, 0.5) is 0 Å². The Labute approximate surface area is 134 Å². The minimum absolute atomic E-state index is 0.161. The summed E-state index contributed by atoms with van der Waals surface area (Å²) >= 11 is 0. The Morgan fingerprint density at radius 3 is 2.78 bits per heavy atom. The van der Waals surface area contributed by atoms with Gasteiger partial charge in [-0.15, -0.1) is 0 Å². The molecule has 1 amide bonds.